The molecule has 8 nitrogen and oxygen atoms in total. The smallest absolute Gasteiger partial charge is 0.424 e. The molecule has 2 rings (SSSR count). The molecule has 0 unspecified atom stereocenters. The molecule has 0 aromatic heterocycles. The van der Waals surface area contributed by atoms with Gasteiger partial charge < -0.3 is 14.2 Å². The van der Waals surface area contributed by atoms with Gasteiger partial charge in [0.1, 0.15) is 24.5 Å². The fourth-order valence-corrected chi connectivity index (χ4v) is 4.23. The van der Waals surface area contributed by atoms with Crippen molar-refractivity contribution >= 4 is 56.7 Å². The zero-order valence-electron chi connectivity index (χ0n) is 20.3. The molecule has 0 spiro atoms. The Balaban J connectivity index is 2.03. The molecule has 1 amide bonds. The molecule has 0 aliphatic heterocycles. The summed E-state index contributed by atoms with van der Waals surface area (Å²) in [6.45, 7) is 4.02. The lowest BCUT2D eigenvalue weighted by Crippen LogP contribution is -2.43. The summed E-state index contributed by atoms with van der Waals surface area (Å²) in [5.74, 6) is 0.597. The van der Waals surface area contributed by atoms with E-state index >= 15 is 0 Å². The van der Waals surface area contributed by atoms with Crippen LogP contribution in [0, 0.1) is 0 Å². The standard InChI is InChI=1S/C24H28Cl3NO7S/c1-24(2,3)35-23(30)28(36(4,31)32)14-18(29)15-34-19-8-6-16(7-9-19)17-12-20(26)22(21(27)13-17)33-11-5-10-25/h6-9,12-13H,5,10-11,14-15H2,1-4H3. The first kappa shape index (κ1) is 30.0. The maximum Gasteiger partial charge on any atom is 0.424 e. The van der Waals surface area contributed by atoms with Crippen molar-refractivity contribution < 1.29 is 32.2 Å². The number of carbonyl (C=O) groups is 2. The first-order chi connectivity index (χ1) is 16.7. The van der Waals surface area contributed by atoms with Crippen molar-refractivity contribution in [1.29, 1.82) is 0 Å². The number of benzene rings is 2. The first-order valence-corrected chi connectivity index (χ1v) is 14.0. The largest absolute Gasteiger partial charge is 0.490 e. The lowest BCUT2D eigenvalue weighted by molar-refractivity contribution is -0.121. The molecule has 2 aromatic carbocycles. The molecule has 0 atom stereocenters. The monoisotopic (exact) mass is 579 g/mol. The van der Waals surface area contributed by atoms with Crippen molar-refractivity contribution in [3.05, 3.63) is 46.4 Å². The number of hydrogen-bond donors (Lipinski definition) is 0. The maximum absolute atomic E-state index is 12.3. The van der Waals surface area contributed by atoms with E-state index in [1.165, 1.54) is 0 Å². The third-order valence-electron chi connectivity index (χ3n) is 4.43. The summed E-state index contributed by atoms with van der Waals surface area (Å²) in [5.41, 5.74) is 0.615. The second-order valence-electron chi connectivity index (χ2n) is 8.76. The third kappa shape index (κ3) is 9.35. The number of halogens is 3. The van der Waals surface area contributed by atoms with Crippen LogP contribution in [0.2, 0.25) is 10.0 Å². The quantitative estimate of drug-likeness (QED) is 0.244. The van der Waals surface area contributed by atoms with Gasteiger partial charge in [-0.25, -0.2) is 13.2 Å². The molecular formula is C24H28Cl3NO7S. The van der Waals surface area contributed by atoms with Gasteiger partial charge in [0.15, 0.2) is 11.5 Å². The van der Waals surface area contributed by atoms with E-state index in [4.69, 9.17) is 49.0 Å². The Morgan fingerprint density at radius 2 is 1.56 bits per heavy atom. The summed E-state index contributed by atoms with van der Waals surface area (Å²) in [5, 5.41) is 0.719. The summed E-state index contributed by atoms with van der Waals surface area (Å²) in [6.07, 6.45) is 0.351. The molecule has 0 saturated carbocycles. The summed E-state index contributed by atoms with van der Waals surface area (Å²) in [7, 11) is -4.02. The fourth-order valence-electron chi connectivity index (χ4n) is 2.84. The molecule has 12 heteroatoms. The molecule has 36 heavy (non-hydrogen) atoms. The van der Waals surface area contributed by atoms with E-state index in [9.17, 15) is 18.0 Å². The summed E-state index contributed by atoms with van der Waals surface area (Å²) in [6, 6.07) is 10.2. The maximum atomic E-state index is 12.3. The second kappa shape index (κ2) is 12.9. The van der Waals surface area contributed by atoms with Crippen molar-refractivity contribution in [2.75, 3.05) is 31.9 Å². The molecule has 198 valence electrons. The number of Topliss-reactive ketones (excluding diaryl/α,β-unsaturated/α-hetero) is 1. The normalized spacial score (nSPS) is 11.6. The van der Waals surface area contributed by atoms with Gasteiger partial charge in [-0.2, -0.15) is 4.31 Å². The molecule has 0 aliphatic rings. The number of nitrogens with zero attached hydrogens (tertiary/aromatic N) is 1. The Morgan fingerprint density at radius 1 is 0.972 bits per heavy atom. The number of sulfonamides is 1. The molecule has 0 N–H and O–H groups in total. The van der Waals surface area contributed by atoms with Crippen LogP contribution in [-0.4, -0.2) is 62.1 Å². The number of carbonyl (C=O) groups excluding carboxylic acids is 2. The number of amides is 1. The van der Waals surface area contributed by atoms with Crippen LogP contribution in [0.3, 0.4) is 0 Å². The number of alkyl halides is 1. The minimum Gasteiger partial charge on any atom is -0.490 e. The highest BCUT2D eigenvalue weighted by molar-refractivity contribution is 7.88. The SMILES string of the molecule is CC(C)(C)OC(=O)N(CC(=O)COc1ccc(-c2cc(Cl)c(OCCCCl)c(Cl)c2)cc1)S(C)(=O)=O. The number of ether oxygens (including phenoxy) is 3. The highest BCUT2D eigenvalue weighted by atomic mass is 35.5. The van der Waals surface area contributed by atoms with Gasteiger partial charge >= 0.3 is 6.09 Å². The van der Waals surface area contributed by atoms with Crippen LogP contribution in [0.4, 0.5) is 4.79 Å². The van der Waals surface area contributed by atoms with Crippen molar-refractivity contribution in [3.63, 3.8) is 0 Å². The van der Waals surface area contributed by atoms with Gasteiger partial charge in [0.05, 0.1) is 22.9 Å². The van der Waals surface area contributed by atoms with E-state index in [1.54, 1.807) is 57.2 Å². The topological polar surface area (TPSA) is 99.2 Å². The average molecular weight is 581 g/mol. The molecule has 0 fully saturated rings. The van der Waals surface area contributed by atoms with Gasteiger partial charge in [0, 0.05) is 5.88 Å². The number of ketones is 1. The summed E-state index contributed by atoms with van der Waals surface area (Å²) >= 11 is 18.3. The Hall–Kier alpha value is -2.20. The van der Waals surface area contributed by atoms with Crippen LogP contribution in [0.5, 0.6) is 11.5 Å². The minimum atomic E-state index is -4.02. The third-order valence-corrected chi connectivity index (χ3v) is 6.34. The van der Waals surface area contributed by atoms with Crippen molar-refractivity contribution in [1.82, 2.24) is 4.31 Å². The van der Waals surface area contributed by atoms with Crippen molar-refractivity contribution in [2.45, 2.75) is 32.8 Å². The van der Waals surface area contributed by atoms with Gasteiger partial charge in [-0.05, 0) is 62.6 Å². The summed E-state index contributed by atoms with van der Waals surface area (Å²) in [4.78, 5) is 24.6. The van der Waals surface area contributed by atoms with Crippen LogP contribution in [-0.2, 0) is 19.6 Å². The van der Waals surface area contributed by atoms with E-state index in [-0.39, 0.29) is 0 Å². The molecule has 0 saturated heterocycles. The van der Waals surface area contributed by atoms with E-state index in [0.29, 0.717) is 44.8 Å². The molecule has 0 bridgehead atoms. The highest BCUT2D eigenvalue weighted by Crippen LogP contribution is 2.38. The van der Waals surface area contributed by atoms with Gasteiger partial charge in [-0.1, -0.05) is 35.3 Å². The Kier molecular flexibility index (Phi) is 10.7. The number of rotatable bonds is 11. The van der Waals surface area contributed by atoms with E-state index < -0.39 is 40.7 Å². The van der Waals surface area contributed by atoms with Crippen LogP contribution in [0.25, 0.3) is 11.1 Å². The van der Waals surface area contributed by atoms with Crippen LogP contribution < -0.4 is 9.47 Å². The predicted octanol–water partition coefficient (Wildman–Crippen LogP) is 5.81. The summed E-state index contributed by atoms with van der Waals surface area (Å²) < 4.78 is 40.5. The molecule has 2 aromatic rings. The van der Waals surface area contributed by atoms with Gasteiger partial charge in [0.2, 0.25) is 10.0 Å². The van der Waals surface area contributed by atoms with Gasteiger partial charge in [0.25, 0.3) is 0 Å². The predicted molar refractivity (Wildman–Crippen MR) is 141 cm³/mol. The molecular weight excluding hydrogens is 553 g/mol. The van der Waals surface area contributed by atoms with Crippen molar-refractivity contribution in [2.24, 2.45) is 0 Å². The van der Waals surface area contributed by atoms with Crippen LogP contribution in [0.1, 0.15) is 27.2 Å². The lowest BCUT2D eigenvalue weighted by atomic mass is 10.1. The first-order valence-electron chi connectivity index (χ1n) is 10.8. The zero-order chi connectivity index (χ0) is 27.1. The average Bonchev–Trinajstić information content (AvgIpc) is 2.76. The fraction of sp³-hybridized carbons (Fsp3) is 0.417. The van der Waals surface area contributed by atoms with E-state index in [0.717, 1.165) is 17.4 Å². The molecule has 0 radical (unpaired) electrons. The number of hydrogen-bond acceptors (Lipinski definition) is 7. The zero-order valence-corrected chi connectivity index (χ0v) is 23.4. The van der Waals surface area contributed by atoms with Crippen LogP contribution in [0.15, 0.2) is 36.4 Å². The second-order valence-corrected chi connectivity index (χ2v) is 11.9. The van der Waals surface area contributed by atoms with Crippen molar-refractivity contribution in [3.8, 4) is 22.6 Å². The Bertz CT molecular complexity index is 1160. The molecule has 0 aliphatic carbocycles. The Morgan fingerprint density at radius 3 is 2.06 bits per heavy atom. The minimum absolute atomic E-state index is 0.360. The van der Waals surface area contributed by atoms with Crippen LogP contribution >= 0.6 is 34.8 Å². The molecule has 0 heterocycles. The highest BCUT2D eigenvalue weighted by Gasteiger charge is 2.30. The van der Waals surface area contributed by atoms with E-state index in [2.05, 4.69) is 0 Å². The van der Waals surface area contributed by atoms with Gasteiger partial charge in [-0.3, -0.25) is 4.79 Å². The lowest BCUT2D eigenvalue weighted by Gasteiger charge is -2.25. The Labute approximate surface area is 226 Å². The van der Waals surface area contributed by atoms with E-state index in [1.807, 2.05) is 0 Å². The van der Waals surface area contributed by atoms with Gasteiger partial charge in [-0.15, -0.1) is 11.6 Å².